The van der Waals surface area contributed by atoms with Crippen LogP contribution >= 0.6 is 0 Å². The van der Waals surface area contributed by atoms with Crippen molar-refractivity contribution in [3.8, 4) is 6.07 Å². The number of imide groups is 2. The minimum atomic E-state index is -1.05. The summed E-state index contributed by atoms with van der Waals surface area (Å²) in [6.45, 7) is 2.61. The molecule has 7 amide bonds. The fraction of sp³-hybridized carbons (Fsp3) is 0.304. The van der Waals surface area contributed by atoms with Crippen LogP contribution in [0.25, 0.3) is 6.08 Å². The maximum atomic E-state index is 13.9. The Morgan fingerprint density at radius 1 is 0.852 bits per heavy atom. The number of urea groups is 1. The van der Waals surface area contributed by atoms with E-state index < -0.39 is 29.7 Å². The number of nitrogens with zero attached hydrogens (tertiary/aromatic N) is 6. The van der Waals surface area contributed by atoms with Crippen LogP contribution in [0.2, 0.25) is 0 Å². The van der Waals surface area contributed by atoms with Crippen molar-refractivity contribution >= 4 is 58.8 Å². The number of piperazine rings is 1. The van der Waals surface area contributed by atoms with Crippen LogP contribution in [0.5, 0.6) is 0 Å². The molecule has 1 atom stereocenters. The second-order valence-corrected chi connectivity index (χ2v) is 15.6. The summed E-state index contributed by atoms with van der Waals surface area (Å²) in [5.74, 6) is -1.74. The number of rotatable bonds is 10. The third-order valence-corrected chi connectivity index (χ3v) is 11.8. The van der Waals surface area contributed by atoms with Crippen LogP contribution in [-0.2, 0) is 20.9 Å². The van der Waals surface area contributed by atoms with E-state index in [0.29, 0.717) is 43.9 Å². The van der Waals surface area contributed by atoms with Crippen LogP contribution in [0.1, 0.15) is 75.9 Å². The van der Waals surface area contributed by atoms with E-state index in [2.05, 4.69) is 31.9 Å². The maximum absolute atomic E-state index is 13.9. The number of aromatic nitrogens is 1. The number of carbonyl (C=O) groups excluding carboxylic acids is 6. The van der Waals surface area contributed by atoms with Gasteiger partial charge < -0.3 is 20.4 Å². The standard InChI is InChI=1S/C46H45N9O6/c47-27-32-7-19-40(48-29-32)50-33-9-11-35(12-10-33)54(46(61)49-28-31-4-2-1-3-5-31)36-15-13-34(14-16-36)52-22-24-53(25-23-52)42(57)21-8-30-6-17-37-38(26-30)45(60)55(44(37)59)39-18-20-41(56)51-43(39)58/h1-8,13-17,19,21,26,29,33,35,39H,9-12,18,20,22-25,28H2,(H,48,50)(H,49,61)(H,51,56,58)/b21-8+. The Hall–Kier alpha value is -7.34. The van der Waals surface area contributed by atoms with Gasteiger partial charge in [0.15, 0.2) is 0 Å². The van der Waals surface area contributed by atoms with Crippen LogP contribution in [0.3, 0.4) is 0 Å². The molecular weight excluding hydrogens is 775 g/mol. The minimum Gasteiger partial charge on any atom is -0.368 e. The zero-order chi connectivity index (χ0) is 42.5. The molecule has 2 saturated heterocycles. The van der Waals surface area contributed by atoms with Crippen molar-refractivity contribution in [3.63, 3.8) is 0 Å². The highest BCUT2D eigenvalue weighted by atomic mass is 16.2. The fourth-order valence-corrected chi connectivity index (χ4v) is 8.46. The molecule has 4 heterocycles. The van der Waals surface area contributed by atoms with E-state index in [9.17, 15) is 28.8 Å². The lowest BCUT2D eigenvalue weighted by Gasteiger charge is -2.38. The van der Waals surface area contributed by atoms with E-state index in [0.717, 1.165) is 53.3 Å². The molecule has 0 bridgehead atoms. The Bertz CT molecular complexity index is 2400. The average molecular weight is 820 g/mol. The molecule has 3 aliphatic heterocycles. The van der Waals surface area contributed by atoms with E-state index in [1.165, 1.54) is 12.1 Å². The van der Waals surface area contributed by atoms with Crippen molar-refractivity contribution in [2.45, 2.75) is 63.2 Å². The number of carbonyl (C=O) groups is 6. The summed E-state index contributed by atoms with van der Waals surface area (Å²) in [6, 6.07) is 27.2. The largest absolute Gasteiger partial charge is 0.368 e. The lowest BCUT2D eigenvalue weighted by atomic mass is 9.90. The molecule has 15 heteroatoms. The third-order valence-electron chi connectivity index (χ3n) is 11.8. The van der Waals surface area contributed by atoms with Crippen molar-refractivity contribution in [2.24, 2.45) is 0 Å². The third kappa shape index (κ3) is 8.98. The summed E-state index contributed by atoms with van der Waals surface area (Å²) < 4.78 is 0. The van der Waals surface area contributed by atoms with Gasteiger partial charge in [0.2, 0.25) is 17.7 Å². The highest BCUT2D eigenvalue weighted by Crippen LogP contribution is 2.32. The molecule has 4 aromatic rings. The number of hydrogen-bond donors (Lipinski definition) is 3. The minimum absolute atomic E-state index is 0.0106. The number of anilines is 3. The number of pyridine rings is 1. The normalized spacial score (nSPS) is 20.2. The van der Waals surface area contributed by atoms with Gasteiger partial charge in [-0.05, 0) is 97.8 Å². The molecule has 1 unspecified atom stereocenters. The van der Waals surface area contributed by atoms with Gasteiger partial charge in [-0.1, -0.05) is 36.4 Å². The van der Waals surface area contributed by atoms with Gasteiger partial charge in [-0.2, -0.15) is 5.26 Å². The number of nitrogens with one attached hydrogen (secondary N) is 3. The number of fused-ring (bicyclic) bond motifs is 1. The van der Waals surface area contributed by atoms with Gasteiger partial charge >= 0.3 is 6.03 Å². The molecule has 1 saturated carbocycles. The van der Waals surface area contributed by atoms with Crippen LogP contribution in [0.4, 0.5) is 22.0 Å². The molecule has 0 radical (unpaired) electrons. The maximum Gasteiger partial charge on any atom is 0.322 e. The molecule has 4 aliphatic rings. The van der Waals surface area contributed by atoms with Gasteiger partial charge in [-0.25, -0.2) is 9.78 Å². The number of nitriles is 1. The molecule has 8 rings (SSSR count). The molecule has 0 spiro atoms. The van der Waals surface area contributed by atoms with Crippen molar-refractivity contribution in [2.75, 3.05) is 41.3 Å². The molecule has 15 nitrogen and oxygen atoms in total. The molecule has 3 fully saturated rings. The Kier molecular flexibility index (Phi) is 11.9. The van der Waals surface area contributed by atoms with Gasteiger partial charge in [0.25, 0.3) is 11.8 Å². The first-order valence-electron chi connectivity index (χ1n) is 20.6. The van der Waals surface area contributed by atoms with Gasteiger partial charge in [0.1, 0.15) is 17.9 Å². The van der Waals surface area contributed by atoms with E-state index in [1.54, 1.807) is 35.4 Å². The van der Waals surface area contributed by atoms with Crippen LogP contribution in [0.15, 0.2) is 97.2 Å². The highest BCUT2D eigenvalue weighted by Gasteiger charge is 2.44. The van der Waals surface area contributed by atoms with Gasteiger partial charge in [0.05, 0.1) is 16.7 Å². The zero-order valence-electron chi connectivity index (χ0n) is 33.5. The number of piperidine rings is 1. The summed E-state index contributed by atoms with van der Waals surface area (Å²) in [6.07, 6.45) is 8.04. The van der Waals surface area contributed by atoms with Crippen molar-refractivity contribution in [1.82, 2.24) is 25.4 Å². The summed E-state index contributed by atoms with van der Waals surface area (Å²) in [5.41, 5.74) is 4.21. The highest BCUT2D eigenvalue weighted by molar-refractivity contribution is 6.23. The first-order chi connectivity index (χ1) is 29.6. The predicted octanol–water partition coefficient (Wildman–Crippen LogP) is 4.86. The summed E-state index contributed by atoms with van der Waals surface area (Å²) in [5, 5.41) is 17.9. The van der Waals surface area contributed by atoms with Crippen molar-refractivity contribution < 1.29 is 28.8 Å². The topological polar surface area (TPSA) is 188 Å². The molecule has 3 N–H and O–H groups in total. The first-order valence-corrected chi connectivity index (χ1v) is 20.6. The van der Waals surface area contributed by atoms with Crippen molar-refractivity contribution in [1.29, 1.82) is 5.26 Å². The zero-order valence-corrected chi connectivity index (χ0v) is 33.5. The second-order valence-electron chi connectivity index (χ2n) is 15.6. The predicted molar refractivity (Wildman–Crippen MR) is 227 cm³/mol. The molecule has 1 aromatic heterocycles. The number of benzene rings is 3. The lowest BCUT2D eigenvalue weighted by molar-refractivity contribution is -0.136. The summed E-state index contributed by atoms with van der Waals surface area (Å²) >= 11 is 0. The van der Waals surface area contributed by atoms with E-state index in [4.69, 9.17) is 5.26 Å². The molecule has 310 valence electrons. The SMILES string of the molecule is N#Cc1ccc(NC2CCC(N(C(=O)NCc3ccccc3)c3ccc(N4CCN(C(=O)/C=C/c5ccc6c(c5)C(=O)N(C5CCC(=O)NC5=O)C6=O)CC4)cc3)CC2)nc1. The average Bonchev–Trinajstić information content (AvgIpc) is 3.54. The molecule has 3 aromatic carbocycles. The van der Waals surface area contributed by atoms with Crippen molar-refractivity contribution in [3.05, 3.63) is 125 Å². The van der Waals surface area contributed by atoms with Crippen LogP contribution < -0.4 is 25.8 Å². The number of hydrogen-bond acceptors (Lipinski definition) is 10. The Balaban J connectivity index is 0.872. The Labute approximate surface area is 353 Å². The Morgan fingerprint density at radius 2 is 1.59 bits per heavy atom. The first kappa shape index (κ1) is 40.4. The van der Waals surface area contributed by atoms with E-state index in [1.807, 2.05) is 65.6 Å². The number of amides is 7. The fourth-order valence-electron chi connectivity index (χ4n) is 8.46. The lowest BCUT2D eigenvalue weighted by Crippen LogP contribution is -2.54. The van der Waals surface area contributed by atoms with Gasteiger partial charge in [-0.15, -0.1) is 0 Å². The molecular formula is C46H45N9O6. The van der Waals surface area contributed by atoms with Crippen LogP contribution in [0, 0.1) is 11.3 Å². The molecule has 1 aliphatic carbocycles. The smallest absolute Gasteiger partial charge is 0.322 e. The van der Waals surface area contributed by atoms with Crippen LogP contribution in [-0.4, -0.2) is 94.7 Å². The molecule has 61 heavy (non-hydrogen) atoms. The second kappa shape index (κ2) is 17.9. The van der Waals surface area contributed by atoms with Gasteiger partial charge in [-0.3, -0.25) is 39.1 Å². The summed E-state index contributed by atoms with van der Waals surface area (Å²) in [4.78, 5) is 88.6. The summed E-state index contributed by atoms with van der Waals surface area (Å²) in [7, 11) is 0. The van der Waals surface area contributed by atoms with E-state index in [-0.39, 0.29) is 48.0 Å². The Morgan fingerprint density at radius 3 is 2.28 bits per heavy atom. The van der Waals surface area contributed by atoms with Gasteiger partial charge in [0, 0.05) is 74.9 Å². The van der Waals surface area contributed by atoms with E-state index >= 15 is 0 Å². The monoisotopic (exact) mass is 819 g/mol. The quantitative estimate of drug-likeness (QED) is 0.147.